The van der Waals surface area contributed by atoms with Crippen LogP contribution < -0.4 is 16.9 Å². The summed E-state index contributed by atoms with van der Waals surface area (Å²) in [5.74, 6) is 0.540. The number of hydrazine groups is 1. The van der Waals surface area contributed by atoms with Gasteiger partial charge in [-0.3, -0.25) is 5.43 Å². The zero-order chi connectivity index (χ0) is 9.56. The molecule has 68 valence electrons. The number of nitrogens with two attached hydrogens (primary N) is 2. The Balaban J connectivity index is 3.94. The maximum Gasteiger partial charge on any atom is 0.344 e. The molecule has 0 aromatic carbocycles. The lowest BCUT2D eigenvalue weighted by Crippen LogP contribution is -2.46. The Morgan fingerprint density at radius 1 is 1.75 bits per heavy atom. The zero-order valence-electron chi connectivity index (χ0n) is 6.32. The lowest BCUT2D eigenvalue weighted by Gasteiger charge is -2.18. The van der Waals surface area contributed by atoms with E-state index in [0.29, 0.717) is 5.75 Å². The van der Waals surface area contributed by atoms with Crippen LogP contribution in [0.15, 0.2) is 12.7 Å². The molecule has 0 bridgehead atoms. The third kappa shape index (κ3) is 4.80. The molecule has 0 radical (unpaired) electrons. The SMILES string of the molecule is C=CCSN(NC(N)=S)C(N)=O. The second-order valence-electron chi connectivity index (χ2n) is 1.69. The minimum absolute atomic E-state index is 0.00892. The van der Waals surface area contributed by atoms with Gasteiger partial charge in [-0.2, -0.15) is 4.41 Å². The molecule has 0 aliphatic heterocycles. The second kappa shape index (κ2) is 5.67. The van der Waals surface area contributed by atoms with Crippen molar-refractivity contribution in [2.24, 2.45) is 11.5 Å². The molecule has 5 N–H and O–H groups in total. The largest absolute Gasteiger partial charge is 0.375 e. The molecule has 5 nitrogen and oxygen atoms in total. The molecule has 12 heavy (non-hydrogen) atoms. The zero-order valence-corrected chi connectivity index (χ0v) is 7.95. The number of thiocarbonyl (C=S) groups is 1. The van der Waals surface area contributed by atoms with Crippen molar-refractivity contribution in [2.45, 2.75) is 0 Å². The first-order chi connectivity index (χ1) is 5.57. The number of hydrogen-bond donors (Lipinski definition) is 3. The number of rotatable bonds is 3. The highest BCUT2D eigenvalue weighted by molar-refractivity contribution is 7.97. The van der Waals surface area contributed by atoms with Gasteiger partial charge in [0.25, 0.3) is 0 Å². The summed E-state index contributed by atoms with van der Waals surface area (Å²) in [4.78, 5) is 10.7. The van der Waals surface area contributed by atoms with E-state index >= 15 is 0 Å². The average Bonchev–Trinajstić information content (AvgIpc) is 1.96. The highest BCUT2D eigenvalue weighted by Gasteiger charge is 2.08. The highest BCUT2D eigenvalue weighted by Crippen LogP contribution is 2.04. The van der Waals surface area contributed by atoms with Gasteiger partial charge in [-0.05, 0) is 24.2 Å². The Bertz CT molecular complexity index is 196. The van der Waals surface area contributed by atoms with Crippen LogP contribution in [0.25, 0.3) is 0 Å². The quantitative estimate of drug-likeness (QED) is 0.261. The molecule has 0 aliphatic carbocycles. The number of nitrogens with one attached hydrogen (secondary N) is 1. The number of urea groups is 1. The Kier molecular flexibility index (Phi) is 5.22. The number of primary amides is 1. The van der Waals surface area contributed by atoms with Crippen molar-refractivity contribution in [3.63, 3.8) is 0 Å². The number of amides is 2. The summed E-state index contributed by atoms with van der Waals surface area (Å²) in [6.45, 7) is 3.48. The molecule has 0 heterocycles. The molecule has 0 rings (SSSR count). The molecule has 0 aromatic heterocycles. The predicted octanol–water partition coefficient (Wildman–Crippen LogP) is -0.0505. The Morgan fingerprint density at radius 2 is 2.33 bits per heavy atom. The van der Waals surface area contributed by atoms with Gasteiger partial charge in [0.2, 0.25) is 0 Å². The van der Waals surface area contributed by atoms with Crippen LogP contribution in [0, 0.1) is 0 Å². The Morgan fingerprint density at radius 3 is 2.67 bits per heavy atom. The molecule has 2 amide bonds. The monoisotopic (exact) mass is 206 g/mol. The lowest BCUT2D eigenvalue weighted by molar-refractivity contribution is 0.231. The number of carbonyl (C=O) groups is 1. The van der Waals surface area contributed by atoms with E-state index in [0.717, 1.165) is 16.4 Å². The average molecular weight is 206 g/mol. The highest BCUT2D eigenvalue weighted by atomic mass is 32.2. The maximum absolute atomic E-state index is 10.7. The molecule has 0 saturated heterocycles. The van der Waals surface area contributed by atoms with E-state index in [1.807, 2.05) is 0 Å². The Labute approximate surface area is 80.2 Å². The first kappa shape index (κ1) is 11.1. The lowest BCUT2D eigenvalue weighted by atomic mass is 10.8. The van der Waals surface area contributed by atoms with Gasteiger partial charge in [0.05, 0.1) is 0 Å². The molecule has 0 aromatic rings. The fourth-order valence-corrected chi connectivity index (χ4v) is 1.07. The van der Waals surface area contributed by atoms with Crippen LogP contribution in [0.2, 0.25) is 0 Å². The normalized spacial score (nSPS) is 8.67. The van der Waals surface area contributed by atoms with Crippen LogP contribution >= 0.6 is 24.2 Å². The van der Waals surface area contributed by atoms with Gasteiger partial charge in [0.1, 0.15) is 0 Å². The molecular formula is C5H10N4OS2. The van der Waals surface area contributed by atoms with Crippen LogP contribution in [0.5, 0.6) is 0 Å². The van der Waals surface area contributed by atoms with Crippen molar-refractivity contribution in [3.05, 3.63) is 12.7 Å². The van der Waals surface area contributed by atoms with E-state index in [9.17, 15) is 4.79 Å². The van der Waals surface area contributed by atoms with E-state index in [-0.39, 0.29) is 5.11 Å². The maximum atomic E-state index is 10.7. The van der Waals surface area contributed by atoms with Crippen molar-refractivity contribution in [2.75, 3.05) is 5.75 Å². The van der Waals surface area contributed by atoms with E-state index in [2.05, 4.69) is 24.2 Å². The predicted molar refractivity (Wildman–Crippen MR) is 54.0 cm³/mol. The summed E-state index contributed by atoms with van der Waals surface area (Å²) in [5, 5.41) is -0.00892. The van der Waals surface area contributed by atoms with Gasteiger partial charge >= 0.3 is 6.03 Å². The van der Waals surface area contributed by atoms with Crippen LogP contribution in [-0.4, -0.2) is 21.3 Å². The fourth-order valence-electron chi connectivity index (χ4n) is 0.378. The first-order valence-corrected chi connectivity index (χ1v) is 4.32. The van der Waals surface area contributed by atoms with E-state index < -0.39 is 6.03 Å². The smallest absolute Gasteiger partial charge is 0.344 e. The topological polar surface area (TPSA) is 84.4 Å². The van der Waals surface area contributed by atoms with Crippen molar-refractivity contribution < 1.29 is 4.79 Å². The summed E-state index contributed by atoms with van der Waals surface area (Å²) in [6.07, 6.45) is 1.63. The third-order valence-corrected chi connectivity index (χ3v) is 1.74. The molecule has 0 saturated carbocycles. The second-order valence-corrected chi connectivity index (χ2v) is 3.09. The van der Waals surface area contributed by atoms with Crippen molar-refractivity contribution >= 4 is 35.3 Å². The van der Waals surface area contributed by atoms with Crippen LogP contribution in [0.1, 0.15) is 0 Å². The van der Waals surface area contributed by atoms with Crippen LogP contribution in [-0.2, 0) is 0 Å². The van der Waals surface area contributed by atoms with Gasteiger partial charge in [-0.15, -0.1) is 6.58 Å². The number of nitrogens with zero attached hydrogens (tertiary/aromatic N) is 1. The van der Waals surface area contributed by atoms with Gasteiger partial charge in [0, 0.05) is 5.75 Å². The first-order valence-electron chi connectivity index (χ1n) is 2.97. The van der Waals surface area contributed by atoms with Crippen LogP contribution in [0.3, 0.4) is 0 Å². The van der Waals surface area contributed by atoms with Gasteiger partial charge < -0.3 is 11.5 Å². The van der Waals surface area contributed by atoms with Crippen molar-refractivity contribution in [1.29, 1.82) is 0 Å². The summed E-state index contributed by atoms with van der Waals surface area (Å²) in [5.41, 5.74) is 12.5. The van der Waals surface area contributed by atoms with E-state index in [1.54, 1.807) is 6.08 Å². The summed E-state index contributed by atoms with van der Waals surface area (Å²) in [7, 11) is 0. The standard InChI is InChI=1S/C5H10N4OS2/c1-2-3-12-9(5(7)10)8-4(6)11/h2H,1,3H2,(H2,7,10)(H3,6,8,11). The number of hydrogen-bond acceptors (Lipinski definition) is 3. The van der Waals surface area contributed by atoms with Gasteiger partial charge in [0.15, 0.2) is 5.11 Å². The van der Waals surface area contributed by atoms with Crippen molar-refractivity contribution in [3.8, 4) is 0 Å². The Hall–Kier alpha value is -0.950. The summed E-state index contributed by atoms with van der Waals surface area (Å²) < 4.78 is 1.05. The molecule has 0 fully saturated rings. The van der Waals surface area contributed by atoms with E-state index in [4.69, 9.17) is 11.5 Å². The van der Waals surface area contributed by atoms with Gasteiger partial charge in [-0.1, -0.05) is 6.08 Å². The fraction of sp³-hybridized carbons (Fsp3) is 0.200. The van der Waals surface area contributed by atoms with Crippen LogP contribution in [0.4, 0.5) is 4.79 Å². The molecule has 0 spiro atoms. The summed E-state index contributed by atoms with van der Waals surface area (Å²) in [6, 6.07) is -0.658. The summed E-state index contributed by atoms with van der Waals surface area (Å²) >= 11 is 5.64. The van der Waals surface area contributed by atoms with Gasteiger partial charge in [-0.25, -0.2) is 4.79 Å². The third-order valence-electron chi connectivity index (χ3n) is 0.733. The molecule has 0 unspecified atom stereocenters. The van der Waals surface area contributed by atoms with Crippen molar-refractivity contribution in [1.82, 2.24) is 9.84 Å². The molecular weight excluding hydrogens is 196 g/mol. The minimum Gasteiger partial charge on any atom is -0.375 e. The number of carbonyl (C=O) groups excluding carboxylic acids is 1. The molecule has 7 heteroatoms. The van der Waals surface area contributed by atoms with E-state index in [1.165, 1.54) is 0 Å². The minimum atomic E-state index is -0.658. The molecule has 0 aliphatic rings. The molecule has 0 atom stereocenters.